The van der Waals surface area contributed by atoms with Crippen molar-refractivity contribution < 1.29 is 13.2 Å². The van der Waals surface area contributed by atoms with Gasteiger partial charge in [0.1, 0.15) is 6.04 Å². The first-order valence-corrected chi connectivity index (χ1v) is 10.5. The highest BCUT2D eigenvalue weighted by Crippen LogP contribution is 2.23. The maximum Gasteiger partial charge on any atom is 0.241 e. The number of nitrogens with one attached hydrogen (secondary N) is 2. The van der Waals surface area contributed by atoms with Crippen LogP contribution < -0.4 is 10.6 Å². The van der Waals surface area contributed by atoms with Gasteiger partial charge in [-0.3, -0.25) is 9.48 Å². The molecule has 8 heteroatoms. The summed E-state index contributed by atoms with van der Waals surface area (Å²) in [6, 6.07) is 6.36. The Hall–Kier alpha value is -2.19. The van der Waals surface area contributed by atoms with Gasteiger partial charge in [0.05, 0.1) is 16.8 Å². The first-order valence-electron chi connectivity index (χ1n) is 8.81. The minimum Gasteiger partial charge on any atom is -0.353 e. The van der Waals surface area contributed by atoms with Crippen LogP contribution in [0.3, 0.4) is 0 Å². The van der Waals surface area contributed by atoms with E-state index in [1.54, 1.807) is 43.3 Å². The fraction of sp³-hybridized carbons (Fsp3) is 0.474. The summed E-state index contributed by atoms with van der Waals surface area (Å²) >= 11 is 0. The van der Waals surface area contributed by atoms with Crippen LogP contribution in [0.5, 0.6) is 0 Å². The number of sulfone groups is 1. The van der Waals surface area contributed by atoms with Crippen molar-refractivity contribution in [2.75, 3.05) is 19.3 Å². The first kappa shape index (κ1) is 21.1. The van der Waals surface area contributed by atoms with E-state index in [4.69, 9.17) is 0 Å². The number of benzene rings is 1. The van der Waals surface area contributed by atoms with E-state index in [0.29, 0.717) is 0 Å². The Morgan fingerprint density at radius 1 is 1.22 bits per heavy atom. The topological polar surface area (TPSA) is 93.1 Å². The molecule has 2 rings (SSSR count). The van der Waals surface area contributed by atoms with Gasteiger partial charge in [-0.2, -0.15) is 5.10 Å². The lowest BCUT2D eigenvalue weighted by atomic mass is 9.87. The smallest absolute Gasteiger partial charge is 0.241 e. The van der Waals surface area contributed by atoms with Crippen molar-refractivity contribution in [3.05, 3.63) is 47.8 Å². The number of nitrogens with zero attached hydrogens (tertiary/aromatic N) is 2. The van der Waals surface area contributed by atoms with E-state index in [0.717, 1.165) is 11.1 Å². The van der Waals surface area contributed by atoms with Crippen molar-refractivity contribution >= 4 is 15.7 Å². The zero-order valence-corrected chi connectivity index (χ0v) is 17.3. The highest BCUT2D eigenvalue weighted by Gasteiger charge is 2.22. The molecule has 1 unspecified atom stereocenters. The first-order chi connectivity index (χ1) is 12.5. The molecule has 0 aliphatic heterocycles. The van der Waals surface area contributed by atoms with Gasteiger partial charge in [0, 0.05) is 25.4 Å². The van der Waals surface area contributed by atoms with E-state index >= 15 is 0 Å². The van der Waals surface area contributed by atoms with E-state index < -0.39 is 15.9 Å². The summed E-state index contributed by atoms with van der Waals surface area (Å²) in [7, 11) is -0.0219. The summed E-state index contributed by atoms with van der Waals surface area (Å²) < 4.78 is 26.6. The largest absolute Gasteiger partial charge is 0.353 e. The molecule has 0 aliphatic carbocycles. The zero-order valence-electron chi connectivity index (χ0n) is 16.5. The lowest BCUT2D eigenvalue weighted by Gasteiger charge is -2.19. The molecule has 1 amide bonds. The third-order valence-corrected chi connectivity index (χ3v) is 6.09. The van der Waals surface area contributed by atoms with Crippen molar-refractivity contribution in [3.8, 4) is 0 Å². The summed E-state index contributed by atoms with van der Waals surface area (Å²) in [5, 5.41) is 9.65. The number of carbonyl (C=O) groups is 1. The molecule has 0 aliphatic rings. The van der Waals surface area contributed by atoms with Crippen LogP contribution >= 0.6 is 0 Å². The molecule has 1 aromatic heterocycles. The molecule has 1 aromatic carbocycles. The highest BCUT2D eigenvalue weighted by molar-refractivity contribution is 7.91. The molecule has 148 valence electrons. The molecule has 0 saturated carbocycles. The van der Waals surface area contributed by atoms with Crippen LogP contribution in [0.15, 0.2) is 41.6 Å². The molecule has 0 bridgehead atoms. The molecule has 1 heterocycles. The lowest BCUT2D eigenvalue weighted by Crippen LogP contribution is -2.38. The molecule has 27 heavy (non-hydrogen) atoms. The van der Waals surface area contributed by atoms with Crippen LogP contribution in [0.2, 0.25) is 0 Å². The molecule has 0 spiro atoms. The molecule has 0 saturated heterocycles. The summed E-state index contributed by atoms with van der Waals surface area (Å²) in [6.07, 6.45) is 3.35. The minimum absolute atomic E-state index is 0.0370. The Kier molecular flexibility index (Phi) is 6.43. The van der Waals surface area contributed by atoms with Gasteiger partial charge in [-0.15, -0.1) is 0 Å². The molecule has 0 radical (unpaired) electrons. The zero-order chi connectivity index (χ0) is 20.2. The molecule has 0 fully saturated rings. The van der Waals surface area contributed by atoms with E-state index in [9.17, 15) is 13.2 Å². The Bertz CT molecular complexity index is 880. The Balaban J connectivity index is 1.97. The van der Waals surface area contributed by atoms with E-state index in [1.807, 2.05) is 12.1 Å². The minimum atomic E-state index is -3.46. The van der Waals surface area contributed by atoms with Gasteiger partial charge in [0.15, 0.2) is 9.84 Å². The second-order valence-electron chi connectivity index (χ2n) is 7.55. The van der Waals surface area contributed by atoms with Crippen molar-refractivity contribution in [1.29, 1.82) is 0 Å². The second-order valence-corrected chi connectivity index (χ2v) is 9.66. The lowest BCUT2D eigenvalue weighted by molar-refractivity contribution is -0.123. The van der Waals surface area contributed by atoms with Crippen molar-refractivity contribution in [3.63, 3.8) is 0 Å². The third-order valence-electron chi connectivity index (χ3n) is 4.36. The number of carbonyl (C=O) groups excluding carboxylic acids is 1. The van der Waals surface area contributed by atoms with Gasteiger partial charge in [0.25, 0.3) is 0 Å². The average Bonchev–Trinajstić information content (AvgIpc) is 3.01. The highest BCUT2D eigenvalue weighted by atomic mass is 32.2. The predicted molar refractivity (Wildman–Crippen MR) is 105 cm³/mol. The molecular weight excluding hydrogens is 364 g/mol. The van der Waals surface area contributed by atoms with Gasteiger partial charge in [-0.1, -0.05) is 32.9 Å². The molecular formula is C19H28N4O3S. The molecule has 2 N–H and O–H groups in total. The van der Waals surface area contributed by atoms with E-state index in [2.05, 4.69) is 36.5 Å². The Morgan fingerprint density at radius 3 is 2.33 bits per heavy atom. The number of likely N-dealkylation sites (N-methyl/N-ethyl adjacent to an activating group) is 1. The Labute approximate surface area is 161 Å². The van der Waals surface area contributed by atoms with Gasteiger partial charge < -0.3 is 10.6 Å². The molecule has 1 atom stereocenters. The van der Waals surface area contributed by atoms with Crippen molar-refractivity contribution in [2.24, 2.45) is 7.05 Å². The summed E-state index contributed by atoms with van der Waals surface area (Å²) in [5.41, 5.74) is 1.76. The van der Waals surface area contributed by atoms with Crippen LogP contribution in [0.4, 0.5) is 0 Å². The van der Waals surface area contributed by atoms with Gasteiger partial charge >= 0.3 is 0 Å². The SMILES string of the molecule is CNC(C(=O)NCCS(=O)(=O)c1ccc(C(C)(C)C)cc1)c1cnn(C)c1. The summed E-state index contributed by atoms with van der Waals surface area (Å²) in [6.45, 7) is 6.27. The number of hydrogen-bond donors (Lipinski definition) is 2. The fourth-order valence-electron chi connectivity index (χ4n) is 2.73. The quantitative estimate of drug-likeness (QED) is 0.746. The standard InChI is InChI=1S/C19H28N4O3S/c1-19(2,3)15-6-8-16(9-7-15)27(25,26)11-10-21-18(24)17(20-4)14-12-22-23(5)13-14/h6-9,12-13,17,20H,10-11H2,1-5H3,(H,21,24). The van der Waals surface area contributed by atoms with Crippen LogP contribution in [-0.4, -0.2) is 43.5 Å². The molecule has 2 aromatic rings. The monoisotopic (exact) mass is 392 g/mol. The van der Waals surface area contributed by atoms with Gasteiger partial charge in [-0.05, 0) is 30.2 Å². The maximum atomic E-state index is 12.5. The number of amides is 1. The number of hydrogen-bond acceptors (Lipinski definition) is 5. The van der Waals surface area contributed by atoms with Crippen molar-refractivity contribution in [2.45, 2.75) is 37.1 Å². The molecule has 7 nitrogen and oxygen atoms in total. The third kappa shape index (κ3) is 5.40. The summed E-state index contributed by atoms with van der Waals surface area (Å²) in [4.78, 5) is 12.6. The van der Waals surface area contributed by atoms with Crippen LogP contribution in [0.1, 0.15) is 37.9 Å². The number of aryl methyl sites for hydroxylation is 1. The van der Waals surface area contributed by atoms with Crippen LogP contribution in [-0.2, 0) is 27.1 Å². The normalized spacial score (nSPS) is 13.4. The maximum absolute atomic E-state index is 12.5. The summed E-state index contributed by atoms with van der Waals surface area (Å²) in [5.74, 6) is -0.444. The number of rotatable bonds is 7. The second kappa shape index (κ2) is 8.22. The van der Waals surface area contributed by atoms with Crippen molar-refractivity contribution in [1.82, 2.24) is 20.4 Å². The number of aromatic nitrogens is 2. The van der Waals surface area contributed by atoms with Crippen LogP contribution in [0, 0.1) is 0 Å². The van der Waals surface area contributed by atoms with Gasteiger partial charge in [-0.25, -0.2) is 8.42 Å². The van der Waals surface area contributed by atoms with Crippen LogP contribution in [0.25, 0.3) is 0 Å². The van der Waals surface area contributed by atoms with Gasteiger partial charge in [0.2, 0.25) is 5.91 Å². The van der Waals surface area contributed by atoms with E-state index in [-0.39, 0.29) is 28.5 Å². The fourth-order valence-corrected chi connectivity index (χ4v) is 3.89. The Morgan fingerprint density at radius 2 is 1.85 bits per heavy atom. The predicted octanol–water partition coefficient (Wildman–Crippen LogP) is 1.57. The average molecular weight is 393 g/mol. The van der Waals surface area contributed by atoms with E-state index in [1.165, 1.54) is 0 Å².